The van der Waals surface area contributed by atoms with E-state index in [4.69, 9.17) is 4.74 Å². The molecule has 0 spiro atoms. The first-order valence-electron chi connectivity index (χ1n) is 4.21. The van der Waals surface area contributed by atoms with Crippen molar-refractivity contribution in [1.29, 1.82) is 0 Å². The number of benzene rings is 1. The van der Waals surface area contributed by atoms with Crippen molar-refractivity contribution < 1.29 is 13.2 Å². The Hall–Kier alpha value is -0.560. The number of ether oxygens (including phenoxy) is 1. The van der Waals surface area contributed by atoms with E-state index < -0.39 is 9.84 Å². The minimum atomic E-state index is -3.38. The Morgan fingerprint density at radius 1 is 1.40 bits per heavy atom. The van der Waals surface area contributed by atoms with Crippen molar-refractivity contribution in [2.45, 2.75) is 4.90 Å². The molecule has 0 bridgehead atoms. The van der Waals surface area contributed by atoms with Crippen LogP contribution >= 0.6 is 22.6 Å². The van der Waals surface area contributed by atoms with E-state index >= 15 is 0 Å². The second-order valence-corrected chi connectivity index (χ2v) is 5.34. The summed E-state index contributed by atoms with van der Waals surface area (Å²) < 4.78 is 29.1. The van der Waals surface area contributed by atoms with E-state index in [2.05, 4.69) is 22.6 Å². The zero-order valence-corrected chi connectivity index (χ0v) is 11.2. The van der Waals surface area contributed by atoms with Gasteiger partial charge in [-0.2, -0.15) is 0 Å². The smallest absolute Gasteiger partial charge is 0.203 e. The summed E-state index contributed by atoms with van der Waals surface area (Å²) in [5.41, 5.74) is 0. The van der Waals surface area contributed by atoms with Crippen LogP contribution in [0.5, 0.6) is 0 Å². The van der Waals surface area contributed by atoms with Gasteiger partial charge in [0, 0.05) is 0 Å². The molecule has 0 aliphatic rings. The third kappa shape index (κ3) is 3.49. The number of methoxy groups -OCH3 is 1. The molecule has 0 aliphatic heterocycles. The first-order chi connectivity index (χ1) is 7.10. The van der Waals surface area contributed by atoms with Gasteiger partial charge in [-0.3, -0.25) is 0 Å². The van der Waals surface area contributed by atoms with E-state index in [0.717, 1.165) is 5.41 Å². The van der Waals surface area contributed by atoms with Gasteiger partial charge in [-0.05, 0) is 12.1 Å². The molecule has 15 heavy (non-hydrogen) atoms. The van der Waals surface area contributed by atoms with Gasteiger partial charge in [0.2, 0.25) is 9.84 Å². The fraction of sp³-hybridized carbons (Fsp3) is 0.200. The molecule has 5 heteroatoms. The lowest BCUT2D eigenvalue weighted by Gasteiger charge is -2.02. The molecule has 0 unspecified atom stereocenters. The molecule has 0 saturated heterocycles. The summed E-state index contributed by atoms with van der Waals surface area (Å²) in [4.78, 5) is 0.282. The Morgan fingerprint density at radius 3 is 2.47 bits per heavy atom. The lowest BCUT2D eigenvalue weighted by molar-refractivity contribution is 0.298. The number of rotatable bonds is 4. The molecule has 0 aliphatic carbocycles. The molecule has 1 rings (SSSR count). The van der Waals surface area contributed by atoms with Gasteiger partial charge in [0.1, 0.15) is 5.76 Å². The van der Waals surface area contributed by atoms with Crippen LogP contribution in [-0.4, -0.2) is 20.0 Å². The Balaban J connectivity index is 3.10. The first kappa shape index (κ1) is 12.5. The SMILES string of the molecule is CO/C(=C/S(=O)(=O)c1ccccc1)CI. The van der Waals surface area contributed by atoms with Gasteiger partial charge in [0.15, 0.2) is 0 Å². The summed E-state index contributed by atoms with van der Waals surface area (Å²) in [6.07, 6.45) is 0. The average Bonchev–Trinajstić information content (AvgIpc) is 2.27. The molecule has 0 heterocycles. The molecule has 0 N–H and O–H groups in total. The zero-order valence-electron chi connectivity index (χ0n) is 8.18. The van der Waals surface area contributed by atoms with E-state index in [9.17, 15) is 8.42 Å². The highest BCUT2D eigenvalue weighted by Gasteiger charge is 2.11. The fourth-order valence-electron chi connectivity index (χ4n) is 0.985. The quantitative estimate of drug-likeness (QED) is 0.481. The molecular weight excluding hydrogens is 327 g/mol. The van der Waals surface area contributed by atoms with Crippen LogP contribution in [0.2, 0.25) is 0 Å². The lowest BCUT2D eigenvalue weighted by atomic mass is 10.4. The number of allylic oxidation sites excluding steroid dienone is 1. The largest absolute Gasteiger partial charge is 0.500 e. The molecule has 0 radical (unpaired) electrons. The van der Waals surface area contributed by atoms with Gasteiger partial charge in [-0.25, -0.2) is 8.42 Å². The van der Waals surface area contributed by atoms with Gasteiger partial charge in [0.05, 0.1) is 21.8 Å². The van der Waals surface area contributed by atoms with Gasteiger partial charge in [0.25, 0.3) is 0 Å². The van der Waals surface area contributed by atoms with Crippen LogP contribution < -0.4 is 0 Å². The van der Waals surface area contributed by atoms with Crippen molar-refractivity contribution >= 4 is 32.4 Å². The van der Waals surface area contributed by atoms with Gasteiger partial charge < -0.3 is 4.74 Å². The summed E-state index contributed by atoms with van der Waals surface area (Å²) in [6, 6.07) is 8.28. The number of hydrogen-bond acceptors (Lipinski definition) is 3. The van der Waals surface area contributed by atoms with Gasteiger partial charge in [-0.15, -0.1) is 0 Å². The van der Waals surface area contributed by atoms with Crippen LogP contribution in [-0.2, 0) is 14.6 Å². The van der Waals surface area contributed by atoms with E-state index in [1.54, 1.807) is 30.3 Å². The molecule has 0 fully saturated rings. The Kier molecular flexibility index (Phi) is 4.59. The molecule has 82 valence electrons. The van der Waals surface area contributed by atoms with Crippen molar-refractivity contribution in [3.05, 3.63) is 41.5 Å². The summed E-state index contributed by atoms with van der Waals surface area (Å²) >= 11 is 2.05. The molecular formula is C10H11IO3S. The summed E-state index contributed by atoms with van der Waals surface area (Å²) in [5, 5.41) is 1.16. The van der Waals surface area contributed by atoms with Crippen LogP contribution in [0.3, 0.4) is 0 Å². The Bertz CT molecular complexity index is 431. The normalized spacial score (nSPS) is 12.5. The van der Waals surface area contributed by atoms with Crippen LogP contribution in [0, 0.1) is 0 Å². The highest BCUT2D eigenvalue weighted by molar-refractivity contribution is 14.1. The maximum absolute atomic E-state index is 11.8. The highest BCUT2D eigenvalue weighted by Crippen LogP contribution is 2.14. The first-order valence-corrected chi connectivity index (χ1v) is 7.28. The monoisotopic (exact) mass is 338 g/mol. The zero-order chi connectivity index (χ0) is 11.3. The van der Waals surface area contributed by atoms with Gasteiger partial charge >= 0.3 is 0 Å². The van der Waals surface area contributed by atoms with Crippen LogP contribution in [0.15, 0.2) is 46.4 Å². The standard InChI is InChI=1S/C10H11IO3S/c1-14-9(7-11)8-15(12,13)10-5-3-2-4-6-10/h2-6,8H,7H2,1H3/b9-8+. The maximum Gasteiger partial charge on any atom is 0.203 e. The molecule has 0 saturated carbocycles. The number of alkyl halides is 1. The van der Waals surface area contributed by atoms with Gasteiger partial charge in [-0.1, -0.05) is 40.8 Å². The minimum absolute atomic E-state index is 0.282. The van der Waals surface area contributed by atoms with E-state index in [-0.39, 0.29) is 4.90 Å². The second-order valence-electron chi connectivity index (χ2n) is 2.78. The molecule has 1 aromatic rings. The molecule has 0 atom stereocenters. The number of halogens is 1. The fourth-order valence-corrected chi connectivity index (χ4v) is 3.01. The minimum Gasteiger partial charge on any atom is -0.500 e. The second kappa shape index (κ2) is 5.50. The van der Waals surface area contributed by atoms with Crippen molar-refractivity contribution in [2.75, 3.05) is 11.5 Å². The van der Waals surface area contributed by atoms with E-state index in [1.807, 2.05) is 0 Å². The van der Waals surface area contributed by atoms with Crippen molar-refractivity contribution in [1.82, 2.24) is 0 Å². The maximum atomic E-state index is 11.8. The number of hydrogen-bond donors (Lipinski definition) is 0. The molecule has 0 aromatic heterocycles. The number of sulfone groups is 1. The molecule has 1 aromatic carbocycles. The van der Waals surface area contributed by atoms with E-state index in [1.165, 1.54) is 7.11 Å². The topological polar surface area (TPSA) is 43.4 Å². The van der Waals surface area contributed by atoms with E-state index in [0.29, 0.717) is 10.2 Å². The summed E-state index contributed by atoms with van der Waals surface area (Å²) in [5.74, 6) is 0.444. The highest BCUT2D eigenvalue weighted by atomic mass is 127. The van der Waals surface area contributed by atoms with Crippen LogP contribution in [0.4, 0.5) is 0 Å². The third-order valence-electron chi connectivity index (χ3n) is 1.75. The van der Waals surface area contributed by atoms with Crippen LogP contribution in [0.1, 0.15) is 0 Å². The predicted molar refractivity (Wildman–Crippen MR) is 67.6 cm³/mol. The van der Waals surface area contributed by atoms with Crippen molar-refractivity contribution in [3.63, 3.8) is 0 Å². The third-order valence-corrected chi connectivity index (χ3v) is 4.01. The molecule has 3 nitrogen and oxygen atoms in total. The van der Waals surface area contributed by atoms with Crippen LogP contribution in [0.25, 0.3) is 0 Å². The van der Waals surface area contributed by atoms with Crippen molar-refractivity contribution in [3.8, 4) is 0 Å². The summed E-state index contributed by atoms with van der Waals surface area (Å²) in [6.45, 7) is 0. The summed E-state index contributed by atoms with van der Waals surface area (Å²) in [7, 11) is -1.91. The Morgan fingerprint density at radius 2 is 2.00 bits per heavy atom. The average molecular weight is 338 g/mol. The van der Waals surface area contributed by atoms with Crippen molar-refractivity contribution in [2.24, 2.45) is 0 Å². The Labute approximate surface area is 103 Å². The molecule has 0 amide bonds. The predicted octanol–water partition coefficient (Wildman–Crippen LogP) is 2.38. The lowest BCUT2D eigenvalue weighted by Crippen LogP contribution is -1.99.